The Balaban J connectivity index is 1.21. The van der Waals surface area contributed by atoms with Crippen molar-refractivity contribution >= 4 is 28.6 Å². The summed E-state index contributed by atoms with van der Waals surface area (Å²) in [5.74, 6) is -0.182. The van der Waals surface area contributed by atoms with Gasteiger partial charge >= 0.3 is 5.69 Å². The highest BCUT2D eigenvalue weighted by atomic mass is 19.1. The van der Waals surface area contributed by atoms with E-state index in [0.29, 0.717) is 12.4 Å². The summed E-state index contributed by atoms with van der Waals surface area (Å²) in [7, 11) is 2.92. The van der Waals surface area contributed by atoms with E-state index in [1.54, 1.807) is 25.3 Å². The molecule has 0 saturated carbocycles. The van der Waals surface area contributed by atoms with Crippen LogP contribution in [0.25, 0.3) is 11.2 Å². The number of carbonyl (C=O) groups is 1. The monoisotopic (exact) mass is 534 g/mol. The zero-order valence-electron chi connectivity index (χ0n) is 22.4. The molecule has 1 N–H and O–H groups in total. The second-order valence-corrected chi connectivity index (χ2v) is 10.00. The average molecular weight is 535 g/mol. The molecular weight excluding hydrogens is 503 g/mol. The van der Waals surface area contributed by atoms with E-state index in [0.717, 1.165) is 47.6 Å². The Morgan fingerprint density at radius 2 is 1.79 bits per heavy atom. The SMILES string of the molecule is Cc1cc(F)cc(CN2CCN(c3ccc(NC(=O)C(C)n4cnc5c4c(=O)n(C)c(=O)n5C)nc3)CC2)c1. The Hall–Kier alpha value is -4.32. The maximum Gasteiger partial charge on any atom is 0.332 e. The van der Waals surface area contributed by atoms with Crippen molar-refractivity contribution in [2.24, 2.45) is 14.1 Å². The van der Waals surface area contributed by atoms with Crippen LogP contribution < -0.4 is 21.5 Å². The Kier molecular flexibility index (Phi) is 7.04. The fraction of sp³-hybridized carbons (Fsp3) is 0.370. The highest BCUT2D eigenvalue weighted by molar-refractivity contribution is 5.93. The van der Waals surface area contributed by atoms with Gasteiger partial charge in [-0.3, -0.25) is 23.6 Å². The molecule has 1 aliphatic rings. The lowest BCUT2D eigenvalue weighted by atomic mass is 10.1. The number of carbonyl (C=O) groups excluding carboxylic acids is 1. The number of pyridine rings is 1. The molecule has 11 nitrogen and oxygen atoms in total. The number of nitrogens with one attached hydrogen (secondary N) is 1. The molecule has 5 rings (SSSR count). The topological polar surface area (TPSA) is 110 Å². The van der Waals surface area contributed by atoms with E-state index in [1.807, 2.05) is 19.1 Å². The summed E-state index contributed by atoms with van der Waals surface area (Å²) in [5, 5.41) is 2.79. The maximum atomic E-state index is 13.7. The molecular formula is C27H31FN8O3. The summed E-state index contributed by atoms with van der Waals surface area (Å²) in [6, 6.07) is 8.04. The van der Waals surface area contributed by atoms with Crippen LogP contribution in [0.4, 0.5) is 15.9 Å². The van der Waals surface area contributed by atoms with Crippen LogP contribution in [0.3, 0.4) is 0 Å². The summed E-state index contributed by atoms with van der Waals surface area (Å²) in [4.78, 5) is 51.0. The summed E-state index contributed by atoms with van der Waals surface area (Å²) < 4.78 is 17.5. The number of aryl methyl sites for hydroxylation is 2. The van der Waals surface area contributed by atoms with Gasteiger partial charge in [-0.2, -0.15) is 0 Å². The van der Waals surface area contributed by atoms with Crippen molar-refractivity contribution in [2.45, 2.75) is 26.4 Å². The first kappa shape index (κ1) is 26.3. The van der Waals surface area contributed by atoms with Crippen LogP contribution in [0.15, 0.2) is 52.4 Å². The number of hydrogen-bond donors (Lipinski definition) is 1. The molecule has 0 radical (unpaired) electrons. The van der Waals surface area contributed by atoms with Gasteiger partial charge in [0.25, 0.3) is 5.56 Å². The molecule has 1 atom stereocenters. The molecule has 1 fully saturated rings. The van der Waals surface area contributed by atoms with Gasteiger partial charge in [0.2, 0.25) is 5.91 Å². The van der Waals surface area contributed by atoms with Gasteiger partial charge in [-0.05, 0) is 49.2 Å². The van der Waals surface area contributed by atoms with Crippen LogP contribution >= 0.6 is 0 Å². The lowest BCUT2D eigenvalue weighted by Gasteiger charge is -2.36. The maximum absolute atomic E-state index is 13.7. The van der Waals surface area contributed by atoms with Crippen molar-refractivity contribution in [1.29, 1.82) is 0 Å². The number of amides is 1. The third-order valence-corrected chi connectivity index (χ3v) is 7.21. The Bertz CT molecular complexity index is 1630. The third kappa shape index (κ3) is 5.19. The summed E-state index contributed by atoms with van der Waals surface area (Å²) in [6.45, 7) is 7.57. The van der Waals surface area contributed by atoms with E-state index in [-0.39, 0.29) is 22.9 Å². The minimum Gasteiger partial charge on any atom is -0.368 e. The molecule has 4 heterocycles. The zero-order valence-corrected chi connectivity index (χ0v) is 22.4. The molecule has 0 spiro atoms. The molecule has 0 bridgehead atoms. The summed E-state index contributed by atoms with van der Waals surface area (Å²) in [6.07, 6.45) is 3.12. The fourth-order valence-corrected chi connectivity index (χ4v) is 4.99. The van der Waals surface area contributed by atoms with Gasteiger partial charge in [0, 0.05) is 46.8 Å². The smallest absolute Gasteiger partial charge is 0.332 e. The lowest BCUT2D eigenvalue weighted by molar-refractivity contribution is -0.118. The first-order valence-corrected chi connectivity index (χ1v) is 12.7. The van der Waals surface area contributed by atoms with Crippen molar-refractivity contribution in [3.63, 3.8) is 0 Å². The molecule has 0 aliphatic carbocycles. The number of piperazine rings is 1. The minimum atomic E-state index is -0.767. The first-order chi connectivity index (χ1) is 18.6. The normalized spacial score (nSPS) is 15.1. The molecule has 1 aromatic carbocycles. The van der Waals surface area contributed by atoms with Gasteiger partial charge in [-0.15, -0.1) is 0 Å². The molecule has 4 aromatic rings. The molecule has 12 heteroatoms. The number of benzene rings is 1. The molecule has 1 amide bonds. The van der Waals surface area contributed by atoms with Gasteiger partial charge in [-0.25, -0.2) is 19.2 Å². The second kappa shape index (κ2) is 10.4. The summed E-state index contributed by atoms with van der Waals surface area (Å²) in [5.41, 5.74) is 2.25. The Morgan fingerprint density at radius 1 is 1.05 bits per heavy atom. The van der Waals surface area contributed by atoms with E-state index >= 15 is 0 Å². The predicted molar refractivity (Wildman–Crippen MR) is 146 cm³/mol. The average Bonchev–Trinajstić information content (AvgIpc) is 3.36. The standard InChI is InChI=1S/C27H31FN8O3/c1-17-11-19(13-20(28)12-17)15-34-7-9-35(10-8-34)21-5-6-22(29-14-21)31-25(37)18(2)36-16-30-24-23(36)26(38)33(4)27(39)32(24)3/h5-6,11-14,16,18H,7-10,15H2,1-4H3,(H,29,31,37). The van der Waals surface area contributed by atoms with Gasteiger partial charge in [0.1, 0.15) is 17.7 Å². The number of fused-ring (bicyclic) bond motifs is 1. The van der Waals surface area contributed by atoms with Gasteiger partial charge in [-0.1, -0.05) is 6.07 Å². The second-order valence-electron chi connectivity index (χ2n) is 10.00. The Labute approximate surface area is 224 Å². The number of imidazole rings is 1. The molecule has 1 aliphatic heterocycles. The quantitative estimate of drug-likeness (QED) is 0.402. The van der Waals surface area contributed by atoms with Gasteiger partial charge < -0.3 is 14.8 Å². The van der Waals surface area contributed by atoms with Crippen LogP contribution in [0.5, 0.6) is 0 Å². The van der Waals surface area contributed by atoms with Crippen molar-refractivity contribution in [2.75, 3.05) is 36.4 Å². The number of rotatable bonds is 6. The van der Waals surface area contributed by atoms with E-state index in [1.165, 1.54) is 35.6 Å². The largest absolute Gasteiger partial charge is 0.368 e. The molecule has 204 valence electrons. The predicted octanol–water partition coefficient (Wildman–Crippen LogP) is 1.80. The third-order valence-electron chi connectivity index (χ3n) is 7.21. The van der Waals surface area contributed by atoms with Crippen LogP contribution in [-0.4, -0.2) is 60.7 Å². The van der Waals surface area contributed by atoms with Gasteiger partial charge in [0.05, 0.1) is 18.2 Å². The van der Waals surface area contributed by atoms with Crippen LogP contribution in [0.2, 0.25) is 0 Å². The molecule has 39 heavy (non-hydrogen) atoms. The van der Waals surface area contributed by atoms with Crippen LogP contribution in [0, 0.1) is 12.7 Å². The van der Waals surface area contributed by atoms with Crippen LogP contribution in [0.1, 0.15) is 24.1 Å². The van der Waals surface area contributed by atoms with Gasteiger partial charge in [0.15, 0.2) is 11.2 Å². The van der Waals surface area contributed by atoms with Crippen molar-refractivity contribution in [3.05, 3.63) is 80.6 Å². The van der Waals surface area contributed by atoms with E-state index in [4.69, 9.17) is 0 Å². The fourth-order valence-electron chi connectivity index (χ4n) is 4.99. The van der Waals surface area contributed by atoms with E-state index in [9.17, 15) is 18.8 Å². The molecule has 3 aromatic heterocycles. The minimum absolute atomic E-state index is 0.178. The molecule has 1 unspecified atom stereocenters. The summed E-state index contributed by atoms with van der Waals surface area (Å²) >= 11 is 0. The van der Waals surface area contributed by atoms with Crippen molar-refractivity contribution in [1.82, 2.24) is 28.6 Å². The van der Waals surface area contributed by atoms with E-state index < -0.39 is 17.3 Å². The number of hydrogen-bond acceptors (Lipinski definition) is 7. The zero-order chi connectivity index (χ0) is 27.8. The van der Waals surface area contributed by atoms with Crippen molar-refractivity contribution < 1.29 is 9.18 Å². The first-order valence-electron chi connectivity index (χ1n) is 12.7. The van der Waals surface area contributed by atoms with E-state index in [2.05, 4.69) is 25.1 Å². The number of nitrogens with zero attached hydrogens (tertiary/aromatic N) is 7. The Morgan fingerprint density at radius 3 is 2.46 bits per heavy atom. The lowest BCUT2D eigenvalue weighted by Crippen LogP contribution is -2.46. The van der Waals surface area contributed by atoms with Crippen molar-refractivity contribution in [3.8, 4) is 0 Å². The molecule has 1 saturated heterocycles. The highest BCUT2D eigenvalue weighted by Crippen LogP contribution is 2.20. The highest BCUT2D eigenvalue weighted by Gasteiger charge is 2.23. The number of halogens is 1. The number of aromatic nitrogens is 5. The van der Waals surface area contributed by atoms with Crippen LogP contribution in [-0.2, 0) is 25.4 Å². The number of anilines is 2.